The minimum atomic E-state index is -2.77. The number of nitrogens with zero attached hydrogens (tertiary/aromatic N) is 5. The van der Waals surface area contributed by atoms with Crippen molar-refractivity contribution in [3.8, 4) is 5.75 Å². The average molecular weight is 592 g/mol. The smallest absolute Gasteiger partial charge is 0.282 e. The standard InChI is InChI=1S/C29H36ClF2N5O4/c1-16-3-4-17(38)11-19(16)28(40)37-10-7-18-20(30)5-6-23(41-14-21-26(27(31)32)35(2)34-33-21)25(18)22(37)13-36-15-29(8-9-29)12-24(36)39/h5-6,16-17,19,22,27,38H,3-4,7-15H2,1-2H3/t16-,17-,19+,22+/m0/s1. The molecule has 1 spiro atoms. The van der Waals surface area contributed by atoms with Crippen molar-refractivity contribution in [2.45, 2.75) is 77.0 Å². The Labute approximate surface area is 242 Å². The van der Waals surface area contributed by atoms with Crippen LogP contribution in [0.15, 0.2) is 12.1 Å². The molecule has 3 fully saturated rings. The van der Waals surface area contributed by atoms with Crippen LogP contribution in [-0.4, -0.2) is 67.5 Å². The fraction of sp³-hybridized carbons (Fsp3) is 0.655. The van der Waals surface area contributed by atoms with Crippen LogP contribution in [0.1, 0.15) is 80.4 Å². The third-order valence-corrected chi connectivity index (χ3v) is 9.97. The van der Waals surface area contributed by atoms with Gasteiger partial charge in [0.25, 0.3) is 6.43 Å². The van der Waals surface area contributed by atoms with E-state index in [1.165, 1.54) is 7.05 Å². The van der Waals surface area contributed by atoms with Crippen LogP contribution in [-0.2, 0) is 29.7 Å². The Morgan fingerprint density at radius 2 is 2.07 bits per heavy atom. The van der Waals surface area contributed by atoms with Crippen molar-refractivity contribution in [3.05, 3.63) is 39.7 Å². The van der Waals surface area contributed by atoms with E-state index in [-0.39, 0.29) is 47.1 Å². The number of hydrogen-bond donors (Lipinski definition) is 1. The van der Waals surface area contributed by atoms with Gasteiger partial charge in [-0.3, -0.25) is 9.59 Å². The van der Waals surface area contributed by atoms with Gasteiger partial charge in [-0.25, -0.2) is 13.5 Å². The van der Waals surface area contributed by atoms with Gasteiger partial charge < -0.3 is 19.6 Å². The zero-order chi connectivity index (χ0) is 29.1. The van der Waals surface area contributed by atoms with Gasteiger partial charge in [0, 0.05) is 49.6 Å². The Morgan fingerprint density at radius 1 is 1.29 bits per heavy atom. The molecule has 41 heavy (non-hydrogen) atoms. The number of benzene rings is 1. The average Bonchev–Trinajstić information content (AvgIpc) is 3.46. The molecule has 222 valence electrons. The summed E-state index contributed by atoms with van der Waals surface area (Å²) in [5.74, 6) is 0.245. The number of aliphatic hydroxyl groups excluding tert-OH is 1. The molecule has 0 radical (unpaired) electrons. The zero-order valence-electron chi connectivity index (χ0n) is 23.4. The van der Waals surface area contributed by atoms with Crippen LogP contribution >= 0.6 is 11.6 Å². The molecule has 1 aromatic heterocycles. The maximum absolute atomic E-state index is 14.2. The van der Waals surface area contributed by atoms with Crippen LogP contribution in [0.25, 0.3) is 0 Å². The largest absolute Gasteiger partial charge is 0.487 e. The first-order chi connectivity index (χ1) is 19.6. The molecule has 2 aliphatic heterocycles. The number of halogens is 3. The summed E-state index contributed by atoms with van der Waals surface area (Å²) in [6.45, 7) is 3.19. The number of ether oxygens (including phenoxy) is 1. The molecule has 0 unspecified atom stereocenters. The SMILES string of the molecule is C[C@H]1CC[C@H](O)C[C@H]1C(=O)N1CCc2c(Cl)ccc(OCc3nnn(C)c3C(F)F)c2[C@H]1CN1CC2(CC2)CC1=O. The van der Waals surface area contributed by atoms with E-state index in [1.807, 2.05) is 9.80 Å². The van der Waals surface area contributed by atoms with E-state index >= 15 is 0 Å². The number of carbonyl (C=O) groups is 2. The van der Waals surface area contributed by atoms with E-state index in [0.29, 0.717) is 61.7 Å². The Morgan fingerprint density at radius 3 is 2.78 bits per heavy atom. The number of amides is 2. The van der Waals surface area contributed by atoms with Crippen LogP contribution in [0.3, 0.4) is 0 Å². The highest BCUT2D eigenvalue weighted by molar-refractivity contribution is 6.31. The minimum absolute atomic E-state index is 0.0295. The molecule has 4 aliphatic rings. The van der Waals surface area contributed by atoms with Gasteiger partial charge in [0.05, 0.1) is 12.1 Å². The number of carbonyl (C=O) groups excluding carboxylic acids is 2. The van der Waals surface area contributed by atoms with E-state index in [1.54, 1.807) is 12.1 Å². The van der Waals surface area contributed by atoms with Gasteiger partial charge in [-0.2, -0.15) is 0 Å². The first-order valence-electron chi connectivity index (χ1n) is 14.4. The topological polar surface area (TPSA) is 101 Å². The van der Waals surface area contributed by atoms with Crippen molar-refractivity contribution in [1.82, 2.24) is 24.8 Å². The van der Waals surface area contributed by atoms with Gasteiger partial charge in [-0.05, 0) is 67.6 Å². The number of fused-ring (bicyclic) bond motifs is 1. The van der Waals surface area contributed by atoms with Crippen molar-refractivity contribution >= 4 is 23.4 Å². The first-order valence-corrected chi connectivity index (χ1v) is 14.8. The number of aryl methyl sites for hydroxylation is 1. The van der Waals surface area contributed by atoms with E-state index in [4.69, 9.17) is 16.3 Å². The lowest BCUT2D eigenvalue weighted by molar-refractivity contribution is -0.144. The summed E-state index contributed by atoms with van der Waals surface area (Å²) >= 11 is 6.69. The van der Waals surface area contributed by atoms with Crippen molar-refractivity contribution < 1.29 is 28.2 Å². The zero-order valence-corrected chi connectivity index (χ0v) is 24.1. The third-order valence-electron chi connectivity index (χ3n) is 9.61. The maximum atomic E-state index is 14.2. The predicted octanol–water partition coefficient (Wildman–Crippen LogP) is 4.22. The highest BCUT2D eigenvalue weighted by Crippen LogP contribution is 2.54. The van der Waals surface area contributed by atoms with Gasteiger partial charge in [0.2, 0.25) is 11.8 Å². The maximum Gasteiger partial charge on any atom is 0.282 e. The van der Waals surface area contributed by atoms with E-state index < -0.39 is 18.6 Å². The van der Waals surface area contributed by atoms with Gasteiger partial charge in [-0.15, -0.1) is 5.10 Å². The second kappa shape index (κ2) is 10.8. The molecule has 2 amide bonds. The van der Waals surface area contributed by atoms with Gasteiger partial charge >= 0.3 is 0 Å². The summed E-state index contributed by atoms with van der Waals surface area (Å²) in [5.41, 5.74) is 1.30. The van der Waals surface area contributed by atoms with Gasteiger partial charge in [-0.1, -0.05) is 23.7 Å². The van der Waals surface area contributed by atoms with Crippen molar-refractivity contribution in [2.75, 3.05) is 19.6 Å². The second-order valence-corrected chi connectivity index (χ2v) is 12.8. The van der Waals surface area contributed by atoms with Crippen molar-refractivity contribution in [3.63, 3.8) is 0 Å². The van der Waals surface area contributed by atoms with Gasteiger partial charge in [0.1, 0.15) is 23.7 Å². The van der Waals surface area contributed by atoms with Crippen LogP contribution in [0, 0.1) is 17.3 Å². The van der Waals surface area contributed by atoms with Crippen LogP contribution in [0.5, 0.6) is 5.75 Å². The predicted molar refractivity (Wildman–Crippen MR) is 145 cm³/mol. The van der Waals surface area contributed by atoms with E-state index in [2.05, 4.69) is 17.2 Å². The molecule has 12 heteroatoms. The molecule has 2 aliphatic carbocycles. The fourth-order valence-electron chi connectivity index (χ4n) is 7.01. The molecular formula is C29H36ClF2N5O4. The molecule has 6 rings (SSSR count). The number of hydrogen-bond acceptors (Lipinski definition) is 6. The summed E-state index contributed by atoms with van der Waals surface area (Å²) < 4.78 is 34.5. The van der Waals surface area contributed by atoms with Crippen LogP contribution in [0.4, 0.5) is 8.78 Å². The van der Waals surface area contributed by atoms with E-state index in [0.717, 1.165) is 29.5 Å². The molecule has 2 saturated carbocycles. The lowest BCUT2D eigenvalue weighted by Gasteiger charge is -2.43. The highest BCUT2D eigenvalue weighted by Gasteiger charge is 2.52. The molecule has 0 bridgehead atoms. The lowest BCUT2D eigenvalue weighted by atomic mass is 9.77. The molecular weight excluding hydrogens is 556 g/mol. The number of alkyl halides is 2. The summed E-state index contributed by atoms with van der Waals surface area (Å²) in [6, 6.07) is 2.89. The molecule has 3 heterocycles. The Bertz CT molecular complexity index is 1350. The van der Waals surface area contributed by atoms with Crippen molar-refractivity contribution in [1.29, 1.82) is 0 Å². The fourth-order valence-corrected chi connectivity index (χ4v) is 7.27. The van der Waals surface area contributed by atoms with Gasteiger partial charge in [0.15, 0.2) is 0 Å². The summed E-state index contributed by atoms with van der Waals surface area (Å²) in [7, 11) is 1.41. The van der Waals surface area contributed by atoms with Crippen LogP contribution < -0.4 is 4.74 Å². The second-order valence-electron chi connectivity index (χ2n) is 12.4. The number of aromatic nitrogens is 3. The highest BCUT2D eigenvalue weighted by atomic mass is 35.5. The van der Waals surface area contributed by atoms with E-state index in [9.17, 15) is 23.5 Å². The minimum Gasteiger partial charge on any atom is -0.487 e. The Balaban J connectivity index is 1.36. The Hall–Kier alpha value is -2.79. The normalized spacial score (nSPS) is 27.0. The number of rotatable bonds is 7. The summed E-state index contributed by atoms with van der Waals surface area (Å²) in [4.78, 5) is 30.9. The lowest BCUT2D eigenvalue weighted by Crippen LogP contribution is -2.50. The molecule has 1 N–H and O–H groups in total. The molecule has 2 aromatic rings. The summed E-state index contributed by atoms with van der Waals surface area (Å²) in [6.07, 6.45) is 1.64. The molecule has 1 aromatic carbocycles. The molecule has 4 atom stereocenters. The molecule has 1 saturated heterocycles. The summed E-state index contributed by atoms with van der Waals surface area (Å²) in [5, 5.41) is 18.5. The Kier molecular flexibility index (Phi) is 7.46. The number of likely N-dealkylation sites (tertiary alicyclic amines) is 1. The van der Waals surface area contributed by atoms with Crippen LogP contribution in [0.2, 0.25) is 5.02 Å². The first kappa shape index (κ1) is 28.3. The monoisotopic (exact) mass is 591 g/mol. The third kappa shape index (κ3) is 5.31. The molecule has 9 nitrogen and oxygen atoms in total. The number of aliphatic hydroxyl groups is 1. The quantitative estimate of drug-likeness (QED) is 0.517. The van der Waals surface area contributed by atoms with Crippen molar-refractivity contribution in [2.24, 2.45) is 24.3 Å².